The van der Waals surface area contributed by atoms with Crippen molar-refractivity contribution in [2.45, 2.75) is 26.7 Å². The number of aryl methyl sites for hydroxylation is 1. The van der Waals surface area contributed by atoms with Crippen molar-refractivity contribution in [1.29, 1.82) is 0 Å². The quantitative estimate of drug-likeness (QED) is 0.588. The Labute approximate surface area is 163 Å². The molecule has 1 atom stereocenters. The number of nitro groups is 1. The molecular weight excluding hydrogens is 366 g/mol. The molecule has 0 radical (unpaired) electrons. The van der Waals surface area contributed by atoms with E-state index in [1.165, 1.54) is 6.07 Å². The van der Waals surface area contributed by atoms with E-state index < -0.39 is 10.8 Å². The zero-order chi connectivity index (χ0) is 19.6. The van der Waals surface area contributed by atoms with E-state index in [1.54, 1.807) is 24.3 Å². The molecule has 0 spiro atoms. The molecule has 6 nitrogen and oxygen atoms in total. The Kier molecular flexibility index (Phi) is 5.65. The van der Waals surface area contributed by atoms with Crippen LogP contribution < -0.4 is 10.2 Å². The molecule has 0 bridgehead atoms. The van der Waals surface area contributed by atoms with Crippen molar-refractivity contribution < 1.29 is 9.72 Å². The highest BCUT2D eigenvalue weighted by molar-refractivity contribution is 6.34. The van der Waals surface area contributed by atoms with Gasteiger partial charge in [0.05, 0.1) is 15.6 Å². The summed E-state index contributed by atoms with van der Waals surface area (Å²) in [5.74, 6) is 0.0624. The highest BCUT2D eigenvalue weighted by atomic mass is 35.5. The number of nitrogens with one attached hydrogen (secondary N) is 1. The molecule has 0 aromatic heterocycles. The molecule has 142 valence electrons. The summed E-state index contributed by atoms with van der Waals surface area (Å²) in [6, 6.07) is 9.94. The number of benzene rings is 2. The molecule has 1 aliphatic rings. The summed E-state index contributed by atoms with van der Waals surface area (Å²) in [5, 5.41) is 14.7. The van der Waals surface area contributed by atoms with E-state index in [0.717, 1.165) is 31.5 Å². The Morgan fingerprint density at radius 1 is 1.30 bits per heavy atom. The summed E-state index contributed by atoms with van der Waals surface area (Å²) < 4.78 is 0. The Hall–Kier alpha value is -2.60. The second-order valence-electron chi connectivity index (χ2n) is 7.09. The number of carbonyl (C=O) groups is 1. The Bertz CT molecular complexity index is 885. The van der Waals surface area contributed by atoms with Gasteiger partial charge in [-0.05, 0) is 55.5 Å². The van der Waals surface area contributed by atoms with E-state index in [2.05, 4.69) is 12.2 Å². The fourth-order valence-corrected chi connectivity index (χ4v) is 3.68. The van der Waals surface area contributed by atoms with Crippen molar-refractivity contribution in [1.82, 2.24) is 0 Å². The van der Waals surface area contributed by atoms with Crippen molar-refractivity contribution in [3.8, 4) is 0 Å². The lowest BCUT2D eigenvalue weighted by Crippen LogP contribution is -2.34. The second kappa shape index (κ2) is 7.96. The molecular formula is C20H22ClN3O3. The van der Waals surface area contributed by atoms with Gasteiger partial charge in [-0.25, -0.2) is 0 Å². The molecule has 1 N–H and O–H groups in total. The molecule has 7 heteroatoms. The summed E-state index contributed by atoms with van der Waals surface area (Å²) in [6.07, 6.45) is 2.13. The maximum absolute atomic E-state index is 12.6. The number of hydrogen-bond donors (Lipinski definition) is 1. The summed E-state index contributed by atoms with van der Waals surface area (Å²) >= 11 is 6.15. The van der Waals surface area contributed by atoms with Gasteiger partial charge in [-0.15, -0.1) is 0 Å². The average molecular weight is 388 g/mol. The van der Waals surface area contributed by atoms with Gasteiger partial charge < -0.3 is 10.2 Å². The van der Waals surface area contributed by atoms with E-state index in [1.807, 2.05) is 17.9 Å². The third kappa shape index (κ3) is 4.39. The normalized spacial score (nSPS) is 16.9. The van der Waals surface area contributed by atoms with Crippen LogP contribution in [0, 0.1) is 23.0 Å². The number of nitrogens with zero attached hydrogens (tertiary/aromatic N) is 2. The summed E-state index contributed by atoms with van der Waals surface area (Å²) in [4.78, 5) is 25.8. The lowest BCUT2D eigenvalue weighted by molar-refractivity contribution is -0.384. The lowest BCUT2D eigenvalue weighted by atomic mass is 9.99. The zero-order valence-corrected chi connectivity index (χ0v) is 16.1. The largest absolute Gasteiger partial charge is 0.366 e. The van der Waals surface area contributed by atoms with E-state index in [0.29, 0.717) is 22.3 Å². The molecule has 1 saturated heterocycles. The van der Waals surface area contributed by atoms with Crippen LogP contribution in [0.2, 0.25) is 5.02 Å². The third-order valence-electron chi connectivity index (χ3n) is 4.80. The van der Waals surface area contributed by atoms with E-state index in [9.17, 15) is 14.9 Å². The lowest BCUT2D eigenvalue weighted by Gasteiger charge is -2.32. The smallest absolute Gasteiger partial charge is 0.293 e. The summed E-state index contributed by atoms with van der Waals surface area (Å²) in [6.45, 7) is 5.62. The van der Waals surface area contributed by atoms with Crippen LogP contribution in [-0.4, -0.2) is 23.9 Å². The minimum Gasteiger partial charge on any atom is -0.366 e. The van der Waals surface area contributed by atoms with Gasteiger partial charge in [-0.2, -0.15) is 0 Å². The molecule has 2 aromatic rings. The number of rotatable bonds is 4. The van der Waals surface area contributed by atoms with Gasteiger partial charge in [0.1, 0.15) is 5.69 Å². The number of hydrogen-bond acceptors (Lipinski definition) is 4. The molecule has 1 aliphatic heterocycles. The number of anilines is 2. The van der Waals surface area contributed by atoms with Crippen LogP contribution in [0.3, 0.4) is 0 Å². The Morgan fingerprint density at radius 2 is 2.07 bits per heavy atom. The van der Waals surface area contributed by atoms with Crippen LogP contribution in [0.4, 0.5) is 17.1 Å². The van der Waals surface area contributed by atoms with Crippen LogP contribution in [0.15, 0.2) is 36.4 Å². The molecule has 0 aliphatic carbocycles. The molecule has 1 amide bonds. The van der Waals surface area contributed by atoms with Gasteiger partial charge in [0.2, 0.25) is 0 Å². The zero-order valence-electron chi connectivity index (χ0n) is 15.4. The third-order valence-corrected chi connectivity index (χ3v) is 5.12. The van der Waals surface area contributed by atoms with Gasteiger partial charge in [-0.1, -0.05) is 24.6 Å². The van der Waals surface area contributed by atoms with E-state index in [4.69, 9.17) is 11.6 Å². The van der Waals surface area contributed by atoms with Crippen molar-refractivity contribution in [3.05, 3.63) is 62.7 Å². The molecule has 27 heavy (non-hydrogen) atoms. The molecule has 3 rings (SSSR count). The fraction of sp³-hybridized carbons (Fsp3) is 0.350. The van der Waals surface area contributed by atoms with Gasteiger partial charge in [0, 0.05) is 24.7 Å². The highest BCUT2D eigenvalue weighted by Crippen LogP contribution is 2.33. The minimum atomic E-state index is -0.428. The number of carbonyl (C=O) groups excluding carboxylic acids is 1. The van der Waals surface area contributed by atoms with E-state index >= 15 is 0 Å². The second-order valence-corrected chi connectivity index (χ2v) is 7.50. The van der Waals surface area contributed by atoms with Crippen molar-refractivity contribution in [2.24, 2.45) is 5.92 Å². The first-order valence-corrected chi connectivity index (χ1v) is 9.34. The van der Waals surface area contributed by atoms with Crippen molar-refractivity contribution >= 4 is 34.6 Å². The number of halogens is 1. The molecule has 2 aromatic carbocycles. The van der Waals surface area contributed by atoms with Crippen LogP contribution in [0.1, 0.15) is 35.7 Å². The first-order valence-electron chi connectivity index (χ1n) is 8.96. The molecule has 1 heterocycles. The number of nitro benzene ring substituents is 1. The maximum Gasteiger partial charge on any atom is 0.293 e. The predicted molar refractivity (Wildman–Crippen MR) is 108 cm³/mol. The summed E-state index contributed by atoms with van der Waals surface area (Å²) in [7, 11) is 0. The number of amides is 1. The van der Waals surface area contributed by atoms with Gasteiger partial charge >= 0.3 is 0 Å². The molecule has 1 fully saturated rings. The van der Waals surface area contributed by atoms with Gasteiger partial charge in [0.25, 0.3) is 11.6 Å². The van der Waals surface area contributed by atoms with Crippen molar-refractivity contribution in [2.75, 3.05) is 23.3 Å². The first-order chi connectivity index (χ1) is 12.8. The first kappa shape index (κ1) is 19.2. The summed E-state index contributed by atoms with van der Waals surface area (Å²) in [5.41, 5.74) is 2.20. The van der Waals surface area contributed by atoms with Crippen LogP contribution in [0.5, 0.6) is 0 Å². The van der Waals surface area contributed by atoms with Crippen molar-refractivity contribution in [3.63, 3.8) is 0 Å². The van der Waals surface area contributed by atoms with Crippen LogP contribution in [-0.2, 0) is 0 Å². The fourth-order valence-electron chi connectivity index (χ4n) is 3.40. The number of piperidine rings is 1. The van der Waals surface area contributed by atoms with E-state index in [-0.39, 0.29) is 11.3 Å². The highest BCUT2D eigenvalue weighted by Gasteiger charge is 2.25. The monoisotopic (exact) mass is 387 g/mol. The molecule has 0 saturated carbocycles. The maximum atomic E-state index is 12.6. The average Bonchev–Trinajstić information content (AvgIpc) is 2.63. The van der Waals surface area contributed by atoms with Crippen LogP contribution in [0.25, 0.3) is 0 Å². The van der Waals surface area contributed by atoms with Crippen LogP contribution >= 0.6 is 11.6 Å². The van der Waals surface area contributed by atoms with Gasteiger partial charge in [0.15, 0.2) is 0 Å². The standard InChI is InChI=1S/C20H22ClN3O3/c1-13-5-7-17(16(21)10-13)22-20(25)15-6-8-18(19(11-15)24(26)27)23-9-3-4-14(2)12-23/h5-8,10-11,14H,3-4,9,12H2,1-2H3,(H,22,25)/t14-/m0/s1. The predicted octanol–water partition coefficient (Wildman–Crippen LogP) is 5.05. The minimum absolute atomic E-state index is 0.0493. The molecule has 0 unspecified atom stereocenters. The van der Waals surface area contributed by atoms with Gasteiger partial charge in [-0.3, -0.25) is 14.9 Å². The SMILES string of the molecule is Cc1ccc(NC(=O)c2ccc(N3CCC[C@H](C)C3)c([N+](=O)[O-])c2)c(Cl)c1. The Balaban J connectivity index is 1.86. The Morgan fingerprint density at radius 3 is 2.74 bits per heavy atom. The topological polar surface area (TPSA) is 75.5 Å².